The number of ether oxygens (including phenoxy) is 2. The molecule has 0 fully saturated rings. The Morgan fingerprint density at radius 1 is 0.757 bits per heavy atom. The van der Waals surface area contributed by atoms with Crippen LogP contribution >= 0.6 is 0 Å². The van der Waals surface area contributed by atoms with Crippen molar-refractivity contribution in [3.63, 3.8) is 0 Å². The number of esters is 1. The van der Waals surface area contributed by atoms with Gasteiger partial charge in [-0.2, -0.15) is 0 Å². The predicted molar refractivity (Wildman–Crippen MR) is 154 cm³/mol. The summed E-state index contributed by atoms with van der Waals surface area (Å²) in [6.07, 6.45) is 15.5. The second-order valence-corrected chi connectivity index (χ2v) is 11.2. The van der Waals surface area contributed by atoms with E-state index >= 15 is 0 Å². The fourth-order valence-corrected chi connectivity index (χ4v) is 4.95. The number of unbranched alkanes of at least 4 members (excludes halogenated alkanes) is 9. The number of quaternary nitrogens is 1. The largest absolute Gasteiger partial charge is 0.457 e. The average molecular weight is 511 g/mol. The van der Waals surface area contributed by atoms with Crippen LogP contribution in [-0.2, 0) is 22.5 Å². The van der Waals surface area contributed by atoms with Gasteiger partial charge in [-0.3, -0.25) is 4.79 Å². The lowest BCUT2D eigenvalue weighted by molar-refractivity contribution is -0.906. The van der Waals surface area contributed by atoms with E-state index in [2.05, 4.69) is 57.4 Å². The summed E-state index contributed by atoms with van der Waals surface area (Å²) in [4.78, 5) is 12.7. The number of hydrogen-bond donors (Lipinski definition) is 0. The van der Waals surface area contributed by atoms with Crippen LogP contribution in [0, 0.1) is 5.92 Å². The number of nitrogens with zero attached hydrogens (tertiary/aromatic N) is 1. The lowest BCUT2D eigenvalue weighted by Crippen LogP contribution is -2.44. The van der Waals surface area contributed by atoms with E-state index in [4.69, 9.17) is 9.47 Å². The smallest absolute Gasteiger partial charge is 0.317 e. The van der Waals surface area contributed by atoms with Gasteiger partial charge in [0.05, 0.1) is 20.6 Å². The Bertz CT molecular complexity index is 848. The Labute approximate surface area is 227 Å². The van der Waals surface area contributed by atoms with Crippen molar-refractivity contribution in [2.45, 2.75) is 97.4 Å². The van der Waals surface area contributed by atoms with E-state index < -0.39 is 0 Å². The van der Waals surface area contributed by atoms with Crippen LogP contribution in [0.3, 0.4) is 0 Å². The third-order valence-electron chi connectivity index (χ3n) is 7.16. The number of carbonyl (C=O) groups is 1. The van der Waals surface area contributed by atoms with Gasteiger partial charge in [-0.1, -0.05) is 114 Å². The van der Waals surface area contributed by atoms with E-state index in [9.17, 15) is 4.79 Å². The van der Waals surface area contributed by atoms with E-state index in [0.717, 1.165) is 36.2 Å². The molecule has 0 radical (unpaired) electrons. The molecule has 2 rings (SSSR count). The van der Waals surface area contributed by atoms with Gasteiger partial charge in [0.15, 0.2) is 0 Å². The lowest BCUT2D eigenvalue weighted by Gasteiger charge is -2.32. The SMILES string of the molecule is CCCCCCCCCCCCc1ccc(OCOC(=O)C(CC)C[N+](C)(C)Cc2ccccc2)cc1. The molecule has 0 saturated heterocycles. The summed E-state index contributed by atoms with van der Waals surface area (Å²) in [7, 11) is 4.33. The normalized spacial score (nSPS) is 12.3. The highest BCUT2D eigenvalue weighted by Crippen LogP contribution is 2.18. The van der Waals surface area contributed by atoms with Gasteiger partial charge >= 0.3 is 5.97 Å². The van der Waals surface area contributed by atoms with Gasteiger partial charge in [-0.25, -0.2) is 0 Å². The molecular formula is C33H52NO3+. The highest BCUT2D eigenvalue weighted by molar-refractivity contribution is 5.72. The molecule has 37 heavy (non-hydrogen) atoms. The maximum Gasteiger partial charge on any atom is 0.317 e. The highest BCUT2D eigenvalue weighted by Gasteiger charge is 2.28. The molecule has 0 aliphatic carbocycles. The van der Waals surface area contributed by atoms with Crippen LogP contribution in [0.4, 0.5) is 0 Å². The van der Waals surface area contributed by atoms with E-state index in [-0.39, 0.29) is 18.7 Å². The molecule has 0 N–H and O–H groups in total. The van der Waals surface area contributed by atoms with Gasteiger partial charge in [0.25, 0.3) is 0 Å². The van der Waals surface area contributed by atoms with Crippen LogP contribution in [-0.4, -0.2) is 37.9 Å². The van der Waals surface area contributed by atoms with Crippen molar-refractivity contribution in [1.29, 1.82) is 0 Å². The zero-order chi connectivity index (χ0) is 26.8. The van der Waals surface area contributed by atoms with E-state index in [1.807, 2.05) is 25.1 Å². The zero-order valence-electron chi connectivity index (χ0n) is 24.1. The van der Waals surface area contributed by atoms with Crippen LogP contribution in [0.25, 0.3) is 0 Å². The van der Waals surface area contributed by atoms with Gasteiger partial charge in [0.2, 0.25) is 6.79 Å². The molecule has 0 amide bonds. The molecule has 0 saturated carbocycles. The Kier molecular flexibility index (Phi) is 15.0. The zero-order valence-corrected chi connectivity index (χ0v) is 24.1. The molecule has 0 spiro atoms. The fraction of sp³-hybridized carbons (Fsp3) is 0.606. The van der Waals surface area contributed by atoms with Crippen LogP contribution in [0.5, 0.6) is 5.75 Å². The first kappa shape index (κ1) is 30.9. The van der Waals surface area contributed by atoms with Crippen LogP contribution in [0.15, 0.2) is 54.6 Å². The standard InChI is InChI=1S/C33H52NO3/c1-5-7-8-9-10-11-12-13-14-16-19-29-22-24-32(25-23-29)36-28-37-33(35)31(6-2)27-34(3,4)26-30-20-17-15-18-21-30/h15,17-18,20-25,31H,5-14,16,19,26-28H2,1-4H3/q+1. The molecule has 0 aliphatic rings. The van der Waals surface area contributed by atoms with Gasteiger partial charge in [0.1, 0.15) is 18.2 Å². The summed E-state index contributed by atoms with van der Waals surface area (Å²) in [6.45, 7) is 5.89. The highest BCUT2D eigenvalue weighted by atomic mass is 16.7. The van der Waals surface area contributed by atoms with E-state index in [1.165, 1.54) is 75.3 Å². The molecule has 206 valence electrons. The minimum atomic E-state index is -0.181. The van der Waals surface area contributed by atoms with E-state index in [0.29, 0.717) is 0 Å². The number of carbonyl (C=O) groups excluding carboxylic acids is 1. The number of aryl methyl sites for hydroxylation is 1. The summed E-state index contributed by atoms with van der Waals surface area (Å²) < 4.78 is 11.9. The number of rotatable bonds is 20. The van der Waals surface area contributed by atoms with Gasteiger partial charge < -0.3 is 14.0 Å². The Hall–Kier alpha value is -2.33. The molecule has 0 aromatic heterocycles. The second-order valence-electron chi connectivity index (χ2n) is 11.2. The molecular weight excluding hydrogens is 458 g/mol. The van der Waals surface area contributed by atoms with Crippen LogP contribution in [0.1, 0.15) is 95.6 Å². The Morgan fingerprint density at radius 3 is 1.95 bits per heavy atom. The first-order chi connectivity index (χ1) is 17.9. The monoisotopic (exact) mass is 510 g/mol. The van der Waals surface area contributed by atoms with Crippen molar-refractivity contribution >= 4 is 5.97 Å². The van der Waals surface area contributed by atoms with Crippen molar-refractivity contribution in [2.24, 2.45) is 5.92 Å². The van der Waals surface area contributed by atoms with Gasteiger partial charge in [-0.15, -0.1) is 0 Å². The molecule has 1 atom stereocenters. The molecule has 0 aliphatic heterocycles. The number of benzene rings is 2. The minimum Gasteiger partial charge on any atom is -0.457 e. The fourth-order valence-electron chi connectivity index (χ4n) is 4.95. The van der Waals surface area contributed by atoms with Crippen molar-refractivity contribution in [1.82, 2.24) is 0 Å². The van der Waals surface area contributed by atoms with Crippen LogP contribution in [0.2, 0.25) is 0 Å². The van der Waals surface area contributed by atoms with E-state index in [1.54, 1.807) is 0 Å². The molecule has 2 aromatic carbocycles. The van der Waals surface area contributed by atoms with Crippen molar-refractivity contribution in [2.75, 3.05) is 27.4 Å². The molecule has 4 heteroatoms. The first-order valence-electron chi connectivity index (χ1n) is 14.7. The van der Waals surface area contributed by atoms with Crippen molar-refractivity contribution in [3.05, 3.63) is 65.7 Å². The molecule has 2 aromatic rings. The summed E-state index contributed by atoms with van der Waals surface area (Å²) in [5, 5.41) is 0. The summed E-state index contributed by atoms with van der Waals surface area (Å²) >= 11 is 0. The molecule has 1 unspecified atom stereocenters. The lowest BCUT2D eigenvalue weighted by atomic mass is 10.0. The quantitative estimate of drug-likeness (QED) is 0.0777. The van der Waals surface area contributed by atoms with Crippen LogP contribution < -0.4 is 4.74 Å². The second kappa shape index (κ2) is 18.0. The maximum atomic E-state index is 12.7. The minimum absolute atomic E-state index is 0.0424. The summed E-state index contributed by atoms with van der Waals surface area (Å²) in [5.41, 5.74) is 2.61. The third kappa shape index (κ3) is 13.7. The topological polar surface area (TPSA) is 35.5 Å². The first-order valence-corrected chi connectivity index (χ1v) is 14.7. The number of hydrogen-bond acceptors (Lipinski definition) is 3. The van der Waals surface area contributed by atoms with Crippen molar-refractivity contribution < 1.29 is 18.8 Å². The third-order valence-corrected chi connectivity index (χ3v) is 7.16. The Balaban J connectivity index is 1.61. The molecule has 0 heterocycles. The average Bonchev–Trinajstić information content (AvgIpc) is 2.89. The summed E-state index contributed by atoms with van der Waals surface area (Å²) in [5.74, 6) is 0.415. The summed E-state index contributed by atoms with van der Waals surface area (Å²) in [6, 6.07) is 18.6. The predicted octanol–water partition coefficient (Wildman–Crippen LogP) is 8.33. The van der Waals surface area contributed by atoms with Crippen molar-refractivity contribution in [3.8, 4) is 5.75 Å². The Morgan fingerprint density at radius 2 is 1.35 bits per heavy atom. The molecule has 0 bridgehead atoms. The van der Waals surface area contributed by atoms with Gasteiger partial charge in [-0.05, 0) is 37.0 Å². The van der Waals surface area contributed by atoms with Gasteiger partial charge in [0, 0.05) is 5.56 Å². The molecule has 4 nitrogen and oxygen atoms in total. The maximum absolute atomic E-state index is 12.7.